The summed E-state index contributed by atoms with van der Waals surface area (Å²) in [6.07, 6.45) is 4.01. The van der Waals surface area contributed by atoms with E-state index in [-0.39, 0.29) is 18.0 Å². The van der Waals surface area contributed by atoms with E-state index in [1.54, 1.807) is 6.20 Å². The molecule has 1 heterocycles. The van der Waals surface area contributed by atoms with Crippen LogP contribution in [-0.4, -0.2) is 24.5 Å². The number of halogens is 1. The van der Waals surface area contributed by atoms with Gasteiger partial charge in [-0.2, -0.15) is 0 Å². The third kappa shape index (κ3) is 3.82. The summed E-state index contributed by atoms with van der Waals surface area (Å²) in [7, 11) is -1.71. The van der Waals surface area contributed by atoms with Crippen LogP contribution in [0.25, 0.3) is 0 Å². The molecule has 0 atom stereocenters. The van der Waals surface area contributed by atoms with Crippen molar-refractivity contribution in [3.8, 4) is 0 Å². The number of aromatic nitrogens is 2. The highest BCUT2D eigenvalue weighted by Gasteiger charge is 2.15. The normalized spacial score (nSPS) is 11.8. The molecule has 0 amide bonds. The fourth-order valence-corrected chi connectivity index (χ4v) is 3.17. The highest BCUT2D eigenvalue weighted by Crippen LogP contribution is 2.19. The van der Waals surface area contributed by atoms with E-state index in [1.165, 1.54) is 18.2 Å². The van der Waals surface area contributed by atoms with Gasteiger partial charge in [0.15, 0.2) is 0 Å². The first-order chi connectivity index (χ1) is 9.94. The van der Waals surface area contributed by atoms with Crippen molar-refractivity contribution < 1.29 is 8.42 Å². The fraction of sp³-hybridized carbons (Fsp3) is 0.308. The first-order valence-corrected chi connectivity index (χ1v) is 8.24. The largest absolute Gasteiger partial charge is 0.338 e. The van der Waals surface area contributed by atoms with Gasteiger partial charge in [-0.3, -0.25) is 0 Å². The standard InChI is InChI=1S/C13H17ClN4O2S/c1-18-7-6-16-13(18)4-5-17-21(19,20)11-2-3-12(14)10(8-11)9-15/h2-3,6-8,17H,4-5,9,15H2,1H3. The lowest BCUT2D eigenvalue weighted by Crippen LogP contribution is -2.26. The Bertz CT molecular complexity index is 728. The van der Waals surface area contributed by atoms with Gasteiger partial charge in [-0.05, 0) is 23.8 Å². The van der Waals surface area contributed by atoms with E-state index in [2.05, 4.69) is 9.71 Å². The summed E-state index contributed by atoms with van der Waals surface area (Å²) >= 11 is 5.93. The summed E-state index contributed by atoms with van der Waals surface area (Å²) in [4.78, 5) is 4.30. The van der Waals surface area contributed by atoms with Crippen molar-refractivity contribution in [1.29, 1.82) is 0 Å². The molecule has 1 aromatic heterocycles. The van der Waals surface area contributed by atoms with E-state index < -0.39 is 10.0 Å². The Kier molecular flexibility index (Phi) is 5.00. The van der Waals surface area contributed by atoms with Crippen LogP contribution in [0.5, 0.6) is 0 Å². The number of benzene rings is 1. The first-order valence-electron chi connectivity index (χ1n) is 6.38. The second-order valence-corrected chi connectivity index (χ2v) is 6.73. The maximum Gasteiger partial charge on any atom is 0.240 e. The van der Waals surface area contributed by atoms with E-state index in [0.29, 0.717) is 17.0 Å². The molecule has 114 valence electrons. The van der Waals surface area contributed by atoms with Crippen LogP contribution in [0, 0.1) is 0 Å². The van der Waals surface area contributed by atoms with Crippen LogP contribution in [0.4, 0.5) is 0 Å². The maximum atomic E-state index is 12.2. The molecule has 2 aromatic rings. The molecule has 2 rings (SSSR count). The monoisotopic (exact) mass is 328 g/mol. The number of nitrogens with two attached hydrogens (primary N) is 1. The van der Waals surface area contributed by atoms with E-state index in [9.17, 15) is 8.42 Å². The smallest absolute Gasteiger partial charge is 0.240 e. The number of nitrogens with one attached hydrogen (secondary N) is 1. The van der Waals surface area contributed by atoms with E-state index in [4.69, 9.17) is 17.3 Å². The summed E-state index contributed by atoms with van der Waals surface area (Å²) in [6.45, 7) is 0.462. The molecule has 21 heavy (non-hydrogen) atoms. The lowest BCUT2D eigenvalue weighted by Gasteiger charge is -2.09. The Balaban J connectivity index is 2.06. The summed E-state index contributed by atoms with van der Waals surface area (Å²) in [5.74, 6) is 0.816. The van der Waals surface area contributed by atoms with E-state index in [1.807, 2.05) is 17.8 Å². The molecule has 0 saturated heterocycles. The molecule has 0 unspecified atom stereocenters. The Morgan fingerprint density at radius 3 is 2.81 bits per heavy atom. The second-order valence-electron chi connectivity index (χ2n) is 4.56. The molecule has 0 aliphatic rings. The first kappa shape index (κ1) is 16.0. The quantitative estimate of drug-likeness (QED) is 0.829. The Labute approximate surface area is 129 Å². The average molecular weight is 329 g/mol. The predicted molar refractivity (Wildman–Crippen MR) is 81.4 cm³/mol. The van der Waals surface area contributed by atoms with Gasteiger partial charge in [-0.25, -0.2) is 18.1 Å². The van der Waals surface area contributed by atoms with E-state index >= 15 is 0 Å². The number of sulfonamides is 1. The summed E-state index contributed by atoms with van der Waals surface area (Å²) in [6, 6.07) is 4.49. The van der Waals surface area contributed by atoms with Gasteiger partial charge in [0.1, 0.15) is 5.82 Å². The lowest BCUT2D eigenvalue weighted by molar-refractivity contribution is 0.580. The minimum Gasteiger partial charge on any atom is -0.338 e. The van der Waals surface area contributed by atoms with Gasteiger partial charge in [0.25, 0.3) is 0 Å². The van der Waals surface area contributed by atoms with Crippen LogP contribution in [0.3, 0.4) is 0 Å². The van der Waals surface area contributed by atoms with Crippen LogP contribution < -0.4 is 10.5 Å². The molecule has 0 aliphatic carbocycles. The van der Waals surface area contributed by atoms with Crippen molar-refractivity contribution in [3.05, 3.63) is 47.0 Å². The zero-order valence-corrected chi connectivity index (χ0v) is 13.2. The minimum atomic E-state index is -3.58. The van der Waals surface area contributed by atoms with Gasteiger partial charge in [-0.15, -0.1) is 0 Å². The zero-order valence-electron chi connectivity index (χ0n) is 11.6. The zero-order chi connectivity index (χ0) is 15.5. The molecular formula is C13H17ClN4O2S. The summed E-state index contributed by atoms with van der Waals surface area (Å²) in [5.41, 5.74) is 6.13. The highest BCUT2D eigenvalue weighted by atomic mass is 35.5. The molecule has 0 aliphatic heterocycles. The van der Waals surface area contributed by atoms with Crippen LogP contribution in [0.2, 0.25) is 5.02 Å². The van der Waals surface area contributed by atoms with Crippen LogP contribution in [0.1, 0.15) is 11.4 Å². The maximum absolute atomic E-state index is 12.2. The van der Waals surface area contributed by atoms with Gasteiger partial charge >= 0.3 is 0 Å². The number of hydrogen-bond acceptors (Lipinski definition) is 4. The van der Waals surface area contributed by atoms with E-state index in [0.717, 1.165) is 5.82 Å². The van der Waals surface area contributed by atoms with Crippen molar-refractivity contribution >= 4 is 21.6 Å². The van der Waals surface area contributed by atoms with Gasteiger partial charge in [0.05, 0.1) is 4.90 Å². The van der Waals surface area contributed by atoms with Gasteiger partial charge in [0.2, 0.25) is 10.0 Å². The Morgan fingerprint density at radius 1 is 1.43 bits per heavy atom. The fourth-order valence-electron chi connectivity index (χ4n) is 1.89. The molecule has 1 aromatic carbocycles. The molecule has 0 bridgehead atoms. The summed E-state index contributed by atoms with van der Waals surface area (Å²) < 4.78 is 28.8. The third-order valence-electron chi connectivity index (χ3n) is 3.11. The second kappa shape index (κ2) is 6.57. The van der Waals surface area contributed by atoms with Crippen molar-refractivity contribution in [1.82, 2.24) is 14.3 Å². The van der Waals surface area contributed by atoms with Crippen molar-refractivity contribution in [2.24, 2.45) is 12.8 Å². The van der Waals surface area contributed by atoms with Gasteiger partial charge in [-0.1, -0.05) is 11.6 Å². The number of hydrogen-bond donors (Lipinski definition) is 2. The van der Waals surface area contributed by atoms with Gasteiger partial charge in [0, 0.05) is 44.0 Å². The molecule has 6 nitrogen and oxygen atoms in total. The SMILES string of the molecule is Cn1ccnc1CCNS(=O)(=O)c1ccc(Cl)c(CN)c1. The number of rotatable bonds is 6. The number of nitrogens with zero attached hydrogens (tertiary/aromatic N) is 2. The molecule has 8 heteroatoms. The van der Waals surface area contributed by atoms with Crippen LogP contribution in [-0.2, 0) is 30.0 Å². The molecule has 3 N–H and O–H groups in total. The van der Waals surface area contributed by atoms with Crippen LogP contribution >= 0.6 is 11.6 Å². The average Bonchev–Trinajstić information content (AvgIpc) is 2.84. The molecule has 0 saturated carbocycles. The topological polar surface area (TPSA) is 90.0 Å². The van der Waals surface area contributed by atoms with Crippen LogP contribution in [0.15, 0.2) is 35.5 Å². The Hall–Kier alpha value is -1.41. The Morgan fingerprint density at radius 2 is 2.19 bits per heavy atom. The summed E-state index contributed by atoms with van der Waals surface area (Å²) in [5, 5.41) is 0.462. The van der Waals surface area contributed by atoms with Crippen molar-refractivity contribution in [3.63, 3.8) is 0 Å². The molecule has 0 radical (unpaired) electrons. The predicted octanol–water partition coefficient (Wildman–Crippen LogP) is 1.05. The van der Waals surface area contributed by atoms with Gasteiger partial charge < -0.3 is 10.3 Å². The number of imidazole rings is 1. The lowest BCUT2D eigenvalue weighted by atomic mass is 10.2. The molecule has 0 spiro atoms. The van der Waals surface area contributed by atoms with Crippen molar-refractivity contribution in [2.45, 2.75) is 17.9 Å². The third-order valence-corrected chi connectivity index (χ3v) is 4.94. The number of aryl methyl sites for hydroxylation is 1. The highest BCUT2D eigenvalue weighted by molar-refractivity contribution is 7.89. The molecular weight excluding hydrogens is 312 g/mol. The minimum absolute atomic E-state index is 0.159. The van der Waals surface area contributed by atoms with Crippen molar-refractivity contribution in [2.75, 3.05) is 6.54 Å². The molecule has 0 fully saturated rings.